The number of carbonyl (C=O) groups is 1. The van der Waals surface area contributed by atoms with E-state index >= 15 is 0 Å². The van der Waals surface area contributed by atoms with Crippen LogP contribution < -0.4 is 0 Å². The summed E-state index contributed by atoms with van der Waals surface area (Å²) in [5, 5.41) is 8.19. The van der Waals surface area contributed by atoms with Crippen molar-refractivity contribution in [1.82, 2.24) is 0 Å². The fraction of sp³-hybridized carbons (Fsp3) is 0.800. The number of carboxylic acid groups (broad SMARTS) is 1. The van der Waals surface area contributed by atoms with E-state index in [-0.39, 0.29) is 6.42 Å². The van der Waals surface area contributed by atoms with Crippen molar-refractivity contribution in [3.63, 3.8) is 0 Å². The molecule has 0 spiro atoms. The number of hydrogen-bond acceptors (Lipinski definition) is 2. The van der Waals surface area contributed by atoms with Gasteiger partial charge >= 0.3 is 5.97 Å². The third-order valence-corrected chi connectivity index (χ3v) is 2.42. The number of hydrogen-bond donors (Lipinski definition) is 2. The van der Waals surface area contributed by atoms with Crippen molar-refractivity contribution in [2.75, 3.05) is 0 Å². The van der Waals surface area contributed by atoms with Gasteiger partial charge in [0, 0.05) is 6.42 Å². The maximum atomic E-state index is 9.96. The molecule has 0 aliphatic rings. The lowest BCUT2D eigenvalue weighted by Crippen LogP contribution is -2.25. The Balaban J connectivity index is 3.39. The Labute approximate surface area is 55.5 Å². The minimum atomic E-state index is -2.10. The van der Waals surface area contributed by atoms with Gasteiger partial charge in [0.2, 0.25) is 0 Å². The van der Waals surface area contributed by atoms with Crippen molar-refractivity contribution in [3.8, 4) is 0 Å². The molecule has 0 radical (unpaired) electrons. The second-order valence-corrected chi connectivity index (χ2v) is 6.83. The van der Waals surface area contributed by atoms with Crippen LogP contribution in [-0.2, 0) is 4.79 Å². The molecule has 0 aromatic rings. The second-order valence-electron chi connectivity index (χ2n) is 2.71. The van der Waals surface area contributed by atoms with Crippen LogP contribution in [0, 0.1) is 0 Å². The van der Waals surface area contributed by atoms with Gasteiger partial charge in [0.25, 0.3) is 0 Å². The van der Waals surface area contributed by atoms with Crippen LogP contribution in [0.25, 0.3) is 0 Å². The van der Waals surface area contributed by atoms with Gasteiger partial charge in [0.1, 0.15) is 0 Å². The quantitative estimate of drug-likeness (QED) is 0.578. The number of carboxylic acids is 1. The van der Waals surface area contributed by atoms with Crippen molar-refractivity contribution >= 4 is 14.3 Å². The van der Waals surface area contributed by atoms with Crippen molar-refractivity contribution in [3.05, 3.63) is 0 Å². The molecule has 9 heavy (non-hydrogen) atoms. The van der Waals surface area contributed by atoms with E-state index in [1.807, 2.05) is 0 Å². The summed E-state index contributed by atoms with van der Waals surface area (Å²) in [7, 11) is -2.10. The molecule has 0 unspecified atom stereocenters. The largest absolute Gasteiger partial charge is 0.481 e. The summed E-state index contributed by atoms with van der Waals surface area (Å²) in [6.45, 7) is 3.46. The molecule has 0 aromatic carbocycles. The molecule has 0 amide bonds. The Morgan fingerprint density at radius 2 is 2.00 bits per heavy atom. The molecule has 0 atom stereocenters. The van der Waals surface area contributed by atoms with Gasteiger partial charge in [-0.25, -0.2) is 0 Å². The Morgan fingerprint density at radius 1 is 1.56 bits per heavy atom. The number of rotatable bonds is 3. The highest BCUT2D eigenvalue weighted by atomic mass is 28.4. The maximum absolute atomic E-state index is 9.96. The molecule has 0 rings (SSSR count). The van der Waals surface area contributed by atoms with Gasteiger partial charge in [-0.1, -0.05) is 0 Å². The lowest BCUT2D eigenvalue weighted by molar-refractivity contribution is -0.136. The topological polar surface area (TPSA) is 57.5 Å². The van der Waals surface area contributed by atoms with E-state index in [4.69, 9.17) is 9.90 Å². The Morgan fingerprint density at radius 3 is 2.11 bits per heavy atom. The molecule has 0 aromatic heterocycles. The predicted octanol–water partition coefficient (Wildman–Crippen LogP) is 0.658. The van der Waals surface area contributed by atoms with Gasteiger partial charge in [-0.15, -0.1) is 0 Å². The first-order valence-corrected chi connectivity index (χ1v) is 6.01. The fourth-order valence-corrected chi connectivity index (χ4v) is 1.24. The number of aliphatic carboxylic acids is 1. The summed E-state index contributed by atoms with van der Waals surface area (Å²) < 4.78 is 0. The third kappa shape index (κ3) is 7.65. The smallest absolute Gasteiger partial charge is 0.303 e. The first kappa shape index (κ1) is 8.65. The first-order valence-electron chi connectivity index (χ1n) is 2.86. The average molecular weight is 148 g/mol. The zero-order chi connectivity index (χ0) is 7.49. The van der Waals surface area contributed by atoms with Gasteiger partial charge in [0.15, 0.2) is 8.32 Å². The zero-order valence-electron chi connectivity index (χ0n) is 5.72. The van der Waals surface area contributed by atoms with E-state index in [2.05, 4.69) is 0 Å². The summed E-state index contributed by atoms with van der Waals surface area (Å²) >= 11 is 0. The lowest BCUT2D eigenvalue weighted by atomic mass is 10.5. The first-order chi connectivity index (χ1) is 3.92. The van der Waals surface area contributed by atoms with Crippen LogP contribution in [0.15, 0.2) is 0 Å². The van der Waals surface area contributed by atoms with Crippen LogP contribution in [0.2, 0.25) is 19.1 Å². The highest BCUT2D eigenvalue weighted by molar-refractivity contribution is 6.69. The Hall–Kier alpha value is -0.353. The van der Waals surface area contributed by atoms with Gasteiger partial charge < -0.3 is 9.90 Å². The summed E-state index contributed by atoms with van der Waals surface area (Å²) in [6, 6.07) is 0.447. The van der Waals surface area contributed by atoms with Crippen LogP contribution >= 0.6 is 0 Å². The molecular weight excluding hydrogens is 136 g/mol. The molecule has 0 saturated carbocycles. The van der Waals surface area contributed by atoms with E-state index in [0.29, 0.717) is 6.04 Å². The van der Waals surface area contributed by atoms with E-state index in [1.54, 1.807) is 13.1 Å². The van der Waals surface area contributed by atoms with Crippen LogP contribution in [0.1, 0.15) is 6.42 Å². The maximum Gasteiger partial charge on any atom is 0.303 e. The molecule has 0 aliphatic carbocycles. The molecular formula is C5H12O3Si. The minimum Gasteiger partial charge on any atom is -0.481 e. The monoisotopic (exact) mass is 148 g/mol. The molecule has 0 bridgehead atoms. The normalized spacial score (nSPS) is 11.4. The summed E-state index contributed by atoms with van der Waals surface area (Å²) in [5.74, 6) is -0.829. The van der Waals surface area contributed by atoms with Crippen LogP contribution in [-0.4, -0.2) is 24.2 Å². The predicted molar refractivity (Wildman–Crippen MR) is 36.8 cm³/mol. The summed E-state index contributed by atoms with van der Waals surface area (Å²) in [4.78, 5) is 19.1. The lowest BCUT2D eigenvalue weighted by Gasteiger charge is -2.10. The van der Waals surface area contributed by atoms with Crippen LogP contribution in [0.4, 0.5) is 0 Å². The van der Waals surface area contributed by atoms with Gasteiger partial charge in [-0.05, 0) is 19.1 Å². The van der Waals surface area contributed by atoms with Crippen molar-refractivity contribution in [2.45, 2.75) is 25.6 Å². The van der Waals surface area contributed by atoms with Crippen molar-refractivity contribution < 1.29 is 14.7 Å². The zero-order valence-corrected chi connectivity index (χ0v) is 6.72. The van der Waals surface area contributed by atoms with Crippen molar-refractivity contribution in [2.24, 2.45) is 0 Å². The highest BCUT2D eigenvalue weighted by Gasteiger charge is 2.17. The van der Waals surface area contributed by atoms with Crippen LogP contribution in [0.5, 0.6) is 0 Å². The standard InChI is InChI=1S/C5H12O3Si/c1-9(2,8)4-3-5(6)7/h8H,3-4H2,1-2H3,(H,6,7). The van der Waals surface area contributed by atoms with Gasteiger partial charge in [-0.3, -0.25) is 4.79 Å². The van der Waals surface area contributed by atoms with Crippen molar-refractivity contribution in [1.29, 1.82) is 0 Å². The minimum absolute atomic E-state index is 0.0930. The van der Waals surface area contributed by atoms with E-state index < -0.39 is 14.3 Å². The Kier molecular flexibility index (Phi) is 2.86. The molecule has 54 valence electrons. The molecule has 0 fully saturated rings. The van der Waals surface area contributed by atoms with E-state index in [9.17, 15) is 4.79 Å². The summed E-state index contributed by atoms with van der Waals surface area (Å²) in [5.41, 5.74) is 0. The molecule has 0 aliphatic heterocycles. The van der Waals surface area contributed by atoms with Gasteiger partial charge in [0.05, 0.1) is 0 Å². The molecule has 0 heterocycles. The molecule has 4 heteroatoms. The average Bonchev–Trinajstić information content (AvgIpc) is 1.59. The SMILES string of the molecule is C[Si](C)(O)CCC(=O)O. The molecule has 0 saturated heterocycles. The highest BCUT2D eigenvalue weighted by Crippen LogP contribution is 2.06. The van der Waals surface area contributed by atoms with Crippen LogP contribution in [0.3, 0.4) is 0 Å². The molecule has 3 nitrogen and oxygen atoms in total. The molecule has 2 N–H and O–H groups in total. The third-order valence-electron chi connectivity index (χ3n) is 0.951. The van der Waals surface area contributed by atoms with Gasteiger partial charge in [-0.2, -0.15) is 0 Å². The summed E-state index contributed by atoms with van der Waals surface area (Å²) in [6.07, 6.45) is 0.0930. The van der Waals surface area contributed by atoms with E-state index in [1.165, 1.54) is 0 Å². The fourth-order valence-electron chi connectivity index (χ4n) is 0.413. The Bertz CT molecular complexity index is 105. The van der Waals surface area contributed by atoms with E-state index in [0.717, 1.165) is 0 Å². The second kappa shape index (κ2) is 2.98.